The molecule has 0 saturated heterocycles. The Hall–Kier alpha value is -2.93. The molecule has 1 aromatic carbocycles. The maximum absolute atomic E-state index is 10.1. The number of nitrogens with zero attached hydrogens (tertiary/aromatic N) is 3. The van der Waals surface area contributed by atoms with E-state index in [-0.39, 0.29) is 6.61 Å². The minimum absolute atomic E-state index is 0.109. The van der Waals surface area contributed by atoms with Crippen LogP contribution in [0.25, 0.3) is 0 Å². The lowest BCUT2D eigenvalue weighted by molar-refractivity contribution is 0.0923. The summed E-state index contributed by atoms with van der Waals surface area (Å²) in [5.41, 5.74) is 2.49. The minimum atomic E-state index is -0.718. The molecule has 1 heterocycles. The summed E-state index contributed by atoms with van der Waals surface area (Å²) in [5, 5.41) is 29.9. The Labute approximate surface area is 158 Å². The molecule has 0 amide bonds. The van der Waals surface area contributed by atoms with Gasteiger partial charge in [0.1, 0.15) is 25.1 Å². The van der Waals surface area contributed by atoms with Crippen LogP contribution >= 0.6 is 0 Å². The minimum Gasteiger partial charge on any atom is -0.491 e. The van der Waals surface area contributed by atoms with Gasteiger partial charge in [-0.1, -0.05) is 6.07 Å². The van der Waals surface area contributed by atoms with Crippen LogP contribution in [0.3, 0.4) is 0 Å². The van der Waals surface area contributed by atoms with Gasteiger partial charge in [-0.3, -0.25) is 0 Å². The molecule has 27 heavy (non-hydrogen) atoms. The second-order valence-corrected chi connectivity index (χ2v) is 6.56. The Kier molecular flexibility index (Phi) is 7.31. The van der Waals surface area contributed by atoms with E-state index in [1.807, 2.05) is 19.9 Å². The molecule has 0 fully saturated rings. The highest BCUT2D eigenvalue weighted by atomic mass is 16.5. The maximum atomic E-state index is 10.1. The Bertz CT molecular complexity index is 760. The number of nitriles is 1. The van der Waals surface area contributed by atoms with Crippen molar-refractivity contribution in [2.45, 2.75) is 25.5 Å². The highest BCUT2D eigenvalue weighted by molar-refractivity contribution is 5.36. The zero-order valence-corrected chi connectivity index (χ0v) is 15.3. The number of hydrogen-bond acceptors (Lipinski definition) is 9. The zero-order chi connectivity index (χ0) is 19.7. The monoisotopic (exact) mass is 372 g/mol. The first kappa shape index (κ1) is 20.4. The Balaban J connectivity index is 1.73. The van der Waals surface area contributed by atoms with E-state index in [2.05, 4.69) is 20.9 Å². The molecule has 1 unspecified atom stereocenters. The molecule has 9 heteroatoms. The lowest BCUT2D eigenvalue weighted by Crippen LogP contribution is -2.48. The fraction of sp³-hybridized carbons (Fsp3) is 0.389. The number of β-amino-alcohol motifs (C(OH)–C–C–N with tert-alkyl or cyclic N) is 1. The number of aromatic nitrogens is 2. The molecule has 2 rings (SSSR count). The maximum Gasteiger partial charge on any atom is 0.233 e. The van der Waals surface area contributed by atoms with Gasteiger partial charge in [0, 0.05) is 18.2 Å². The molecule has 0 radical (unpaired) electrons. The van der Waals surface area contributed by atoms with Crippen molar-refractivity contribution >= 4 is 5.82 Å². The van der Waals surface area contributed by atoms with E-state index in [9.17, 15) is 5.11 Å². The number of rotatable bonds is 10. The van der Waals surface area contributed by atoms with Crippen LogP contribution in [0.5, 0.6) is 11.6 Å². The van der Waals surface area contributed by atoms with Crippen LogP contribution in [0.4, 0.5) is 5.82 Å². The number of benzene rings is 1. The van der Waals surface area contributed by atoms with Crippen LogP contribution in [0.2, 0.25) is 0 Å². The van der Waals surface area contributed by atoms with Crippen molar-refractivity contribution in [3.63, 3.8) is 0 Å². The van der Waals surface area contributed by atoms with E-state index >= 15 is 0 Å². The van der Waals surface area contributed by atoms with Crippen LogP contribution in [-0.4, -0.2) is 46.7 Å². The zero-order valence-electron chi connectivity index (χ0n) is 15.3. The molecular weight excluding hydrogens is 348 g/mol. The predicted molar refractivity (Wildman–Crippen MR) is 100 cm³/mol. The van der Waals surface area contributed by atoms with E-state index in [0.717, 1.165) is 0 Å². The third kappa shape index (κ3) is 7.07. The molecule has 0 bridgehead atoms. The van der Waals surface area contributed by atoms with Crippen LogP contribution < -0.4 is 26.1 Å². The van der Waals surface area contributed by atoms with Crippen LogP contribution in [-0.2, 0) is 0 Å². The molecular formula is C18H24N6O3. The summed E-state index contributed by atoms with van der Waals surface area (Å²) in [7, 11) is 0. The van der Waals surface area contributed by atoms with Crippen LogP contribution in [0.15, 0.2) is 36.4 Å². The van der Waals surface area contributed by atoms with Gasteiger partial charge in [0.15, 0.2) is 5.82 Å². The summed E-state index contributed by atoms with van der Waals surface area (Å²) in [6.07, 6.45) is -0.718. The smallest absolute Gasteiger partial charge is 0.233 e. The molecule has 0 saturated carbocycles. The lowest BCUT2D eigenvalue weighted by Gasteiger charge is -2.27. The molecule has 1 aromatic heterocycles. The summed E-state index contributed by atoms with van der Waals surface area (Å²) in [4.78, 5) is 0. The van der Waals surface area contributed by atoms with E-state index < -0.39 is 11.6 Å². The summed E-state index contributed by atoms with van der Waals surface area (Å²) < 4.78 is 11.1. The Morgan fingerprint density at radius 2 is 2.07 bits per heavy atom. The van der Waals surface area contributed by atoms with Crippen molar-refractivity contribution in [3.05, 3.63) is 42.0 Å². The van der Waals surface area contributed by atoms with Gasteiger partial charge in [0.25, 0.3) is 0 Å². The van der Waals surface area contributed by atoms with E-state index in [4.69, 9.17) is 20.6 Å². The third-order valence-corrected chi connectivity index (χ3v) is 3.59. The fourth-order valence-corrected chi connectivity index (χ4v) is 2.08. The number of nitrogen functional groups attached to an aromatic ring is 1. The number of aliphatic hydroxyl groups is 1. The molecule has 144 valence electrons. The van der Waals surface area contributed by atoms with Crippen molar-refractivity contribution in [2.75, 3.05) is 25.2 Å². The van der Waals surface area contributed by atoms with E-state index in [0.29, 0.717) is 36.2 Å². The number of nitrogens with one attached hydrogen (secondary N) is 2. The second-order valence-electron chi connectivity index (χ2n) is 6.56. The molecule has 0 aliphatic rings. The average molecular weight is 372 g/mol. The van der Waals surface area contributed by atoms with Crippen molar-refractivity contribution in [2.24, 2.45) is 5.84 Å². The first-order chi connectivity index (χ1) is 12.9. The van der Waals surface area contributed by atoms with Gasteiger partial charge in [-0.2, -0.15) is 5.26 Å². The van der Waals surface area contributed by atoms with Crippen molar-refractivity contribution < 1.29 is 14.6 Å². The molecule has 0 spiro atoms. The van der Waals surface area contributed by atoms with Crippen molar-refractivity contribution in [1.29, 1.82) is 5.26 Å². The van der Waals surface area contributed by atoms with E-state index in [1.54, 1.807) is 36.4 Å². The van der Waals surface area contributed by atoms with Gasteiger partial charge in [-0.25, -0.2) is 5.84 Å². The highest BCUT2D eigenvalue weighted by Gasteiger charge is 2.20. The highest BCUT2D eigenvalue weighted by Crippen LogP contribution is 2.13. The fourth-order valence-electron chi connectivity index (χ4n) is 2.08. The van der Waals surface area contributed by atoms with Gasteiger partial charge in [-0.05, 0) is 38.1 Å². The Morgan fingerprint density at radius 3 is 2.74 bits per heavy atom. The lowest BCUT2D eigenvalue weighted by atomic mass is 10.1. The predicted octanol–water partition coefficient (Wildman–Crippen LogP) is 0.821. The van der Waals surface area contributed by atoms with Crippen LogP contribution in [0, 0.1) is 11.3 Å². The van der Waals surface area contributed by atoms with Crippen molar-refractivity contribution in [3.8, 4) is 17.7 Å². The SMILES string of the molecule is CC(C)(COc1ccc(NN)nn1)NCC(O)COc1cccc(C#N)c1. The molecule has 9 nitrogen and oxygen atoms in total. The summed E-state index contributed by atoms with van der Waals surface area (Å²) >= 11 is 0. The Morgan fingerprint density at radius 1 is 1.26 bits per heavy atom. The average Bonchev–Trinajstić information content (AvgIpc) is 2.70. The first-order valence-electron chi connectivity index (χ1n) is 8.41. The normalized spacial score (nSPS) is 12.1. The van der Waals surface area contributed by atoms with Gasteiger partial charge >= 0.3 is 0 Å². The molecule has 0 aliphatic heterocycles. The van der Waals surface area contributed by atoms with Gasteiger partial charge in [0.05, 0.1) is 11.6 Å². The van der Waals surface area contributed by atoms with E-state index in [1.165, 1.54) is 0 Å². The number of aliphatic hydroxyl groups excluding tert-OH is 1. The summed E-state index contributed by atoms with van der Waals surface area (Å²) in [6.45, 7) is 4.64. The second kappa shape index (κ2) is 9.68. The number of ether oxygens (including phenoxy) is 2. The number of anilines is 1. The van der Waals surface area contributed by atoms with Crippen molar-refractivity contribution in [1.82, 2.24) is 15.5 Å². The third-order valence-electron chi connectivity index (χ3n) is 3.59. The van der Waals surface area contributed by atoms with Gasteiger partial charge < -0.3 is 25.3 Å². The molecule has 1 atom stereocenters. The number of nitrogens with two attached hydrogens (primary N) is 1. The van der Waals surface area contributed by atoms with Gasteiger partial charge in [-0.15, -0.1) is 10.2 Å². The number of hydrazine groups is 1. The standard InChI is InChI=1S/C18H24N6O3/c1-18(2,12-27-17-7-6-16(22-20)23-24-17)21-10-14(25)11-26-15-5-3-4-13(8-15)9-19/h3-8,14,21,25H,10-12,20H2,1-2H3,(H,22,23). The largest absolute Gasteiger partial charge is 0.491 e. The quantitative estimate of drug-likeness (QED) is 0.352. The summed E-state index contributed by atoms with van der Waals surface area (Å²) in [5.74, 6) is 6.61. The first-order valence-corrected chi connectivity index (χ1v) is 8.41. The summed E-state index contributed by atoms with van der Waals surface area (Å²) in [6, 6.07) is 12.2. The molecule has 5 N–H and O–H groups in total. The number of hydrogen-bond donors (Lipinski definition) is 4. The van der Waals surface area contributed by atoms with Crippen LogP contribution in [0.1, 0.15) is 19.4 Å². The molecule has 2 aromatic rings. The van der Waals surface area contributed by atoms with Gasteiger partial charge in [0.2, 0.25) is 5.88 Å². The molecule has 0 aliphatic carbocycles. The topological polar surface area (TPSA) is 138 Å².